The maximum Gasteiger partial charge on any atom is 0.119 e. The fraction of sp³-hybridized carbons (Fsp3) is 0.600. The van der Waals surface area contributed by atoms with Crippen LogP contribution >= 0.6 is 0 Å². The third-order valence-electron chi connectivity index (χ3n) is 3.75. The van der Waals surface area contributed by atoms with E-state index in [1.54, 1.807) is 7.11 Å². The van der Waals surface area contributed by atoms with Crippen LogP contribution in [0.2, 0.25) is 0 Å². The molecule has 1 fully saturated rings. The van der Waals surface area contributed by atoms with Gasteiger partial charge < -0.3 is 10.1 Å². The Bertz CT molecular complexity index is 361. The second-order valence-electron chi connectivity index (χ2n) is 4.90. The minimum Gasteiger partial charge on any atom is -0.497 e. The van der Waals surface area contributed by atoms with Crippen molar-refractivity contribution >= 4 is 0 Å². The number of hydrogen-bond donors (Lipinski definition) is 1. The maximum atomic E-state index is 5.29. The van der Waals surface area contributed by atoms with E-state index in [1.165, 1.54) is 18.4 Å². The lowest BCUT2D eigenvalue weighted by Crippen LogP contribution is -2.42. The summed E-state index contributed by atoms with van der Waals surface area (Å²) in [6.07, 6.45) is 2.52. The van der Waals surface area contributed by atoms with E-state index in [2.05, 4.69) is 35.3 Å². The molecule has 2 rings (SSSR count). The molecule has 1 aromatic rings. The molecule has 0 saturated carbocycles. The molecule has 1 heterocycles. The van der Waals surface area contributed by atoms with Crippen LogP contribution in [0.3, 0.4) is 0 Å². The van der Waals surface area contributed by atoms with Crippen molar-refractivity contribution in [1.82, 2.24) is 10.2 Å². The third-order valence-corrected chi connectivity index (χ3v) is 3.75. The van der Waals surface area contributed by atoms with Gasteiger partial charge in [-0.05, 0) is 50.2 Å². The van der Waals surface area contributed by atoms with Gasteiger partial charge in [0.25, 0.3) is 0 Å². The van der Waals surface area contributed by atoms with Gasteiger partial charge in [0, 0.05) is 12.6 Å². The summed E-state index contributed by atoms with van der Waals surface area (Å²) < 4.78 is 5.29. The first-order chi connectivity index (χ1) is 8.83. The van der Waals surface area contributed by atoms with E-state index in [-0.39, 0.29) is 0 Å². The van der Waals surface area contributed by atoms with E-state index in [1.807, 2.05) is 6.07 Å². The first kappa shape index (κ1) is 13.4. The van der Waals surface area contributed by atoms with Crippen LogP contribution in [0.4, 0.5) is 0 Å². The van der Waals surface area contributed by atoms with Gasteiger partial charge in [-0.25, -0.2) is 0 Å². The van der Waals surface area contributed by atoms with Gasteiger partial charge in [-0.3, -0.25) is 4.90 Å². The number of nitrogens with zero attached hydrogens (tertiary/aromatic N) is 1. The monoisotopic (exact) mass is 248 g/mol. The topological polar surface area (TPSA) is 24.5 Å². The van der Waals surface area contributed by atoms with Gasteiger partial charge in [0.2, 0.25) is 0 Å². The number of methoxy groups -OCH3 is 1. The summed E-state index contributed by atoms with van der Waals surface area (Å²) in [6, 6.07) is 9.13. The van der Waals surface area contributed by atoms with Gasteiger partial charge in [-0.2, -0.15) is 0 Å². The smallest absolute Gasteiger partial charge is 0.119 e. The molecule has 100 valence electrons. The highest BCUT2D eigenvalue weighted by molar-refractivity contribution is 5.28. The van der Waals surface area contributed by atoms with Crippen LogP contribution in [0, 0.1) is 0 Å². The molecule has 0 unspecified atom stereocenters. The van der Waals surface area contributed by atoms with E-state index < -0.39 is 0 Å². The highest BCUT2D eigenvalue weighted by Gasteiger charge is 2.19. The Labute approximate surface area is 110 Å². The summed E-state index contributed by atoms with van der Waals surface area (Å²) in [4.78, 5) is 2.58. The molecular weight excluding hydrogens is 224 g/mol. The predicted octanol–water partition coefficient (Wildman–Crippen LogP) is 2.27. The average Bonchev–Trinajstić information content (AvgIpc) is 2.46. The molecule has 1 aliphatic heterocycles. The molecule has 3 nitrogen and oxygen atoms in total. The van der Waals surface area contributed by atoms with Gasteiger partial charge in [-0.1, -0.05) is 19.1 Å². The van der Waals surface area contributed by atoms with Crippen molar-refractivity contribution in [1.29, 1.82) is 0 Å². The lowest BCUT2D eigenvalue weighted by Gasteiger charge is -2.34. The van der Waals surface area contributed by atoms with Crippen molar-refractivity contribution < 1.29 is 4.74 Å². The standard InChI is InChI=1S/C15H24N2O/c1-3-17(14-7-9-16-10-8-14)12-13-5-4-6-15(11-13)18-2/h4-6,11,14,16H,3,7-10,12H2,1-2H3. The molecule has 1 aliphatic rings. The highest BCUT2D eigenvalue weighted by atomic mass is 16.5. The quantitative estimate of drug-likeness (QED) is 0.865. The molecule has 0 amide bonds. The molecular formula is C15H24N2O. The van der Waals surface area contributed by atoms with Crippen molar-refractivity contribution in [2.45, 2.75) is 32.4 Å². The van der Waals surface area contributed by atoms with Crippen LogP contribution in [-0.4, -0.2) is 37.7 Å². The lowest BCUT2D eigenvalue weighted by atomic mass is 10.0. The average molecular weight is 248 g/mol. The Hall–Kier alpha value is -1.06. The largest absolute Gasteiger partial charge is 0.497 e. The molecule has 0 aliphatic carbocycles. The molecule has 0 atom stereocenters. The van der Waals surface area contributed by atoms with Gasteiger partial charge in [-0.15, -0.1) is 0 Å². The zero-order chi connectivity index (χ0) is 12.8. The van der Waals surface area contributed by atoms with Crippen LogP contribution in [0.5, 0.6) is 5.75 Å². The Kier molecular flexibility index (Phi) is 5.02. The van der Waals surface area contributed by atoms with Crippen LogP contribution in [-0.2, 0) is 6.54 Å². The van der Waals surface area contributed by atoms with Crippen LogP contribution in [0.1, 0.15) is 25.3 Å². The minimum absolute atomic E-state index is 0.724. The SMILES string of the molecule is CCN(Cc1cccc(OC)c1)C1CCNCC1. The van der Waals surface area contributed by atoms with Gasteiger partial charge in [0.05, 0.1) is 7.11 Å². The third kappa shape index (κ3) is 3.47. The van der Waals surface area contributed by atoms with Crippen molar-refractivity contribution in [3.63, 3.8) is 0 Å². The van der Waals surface area contributed by atoms with E-state index in [0.29, 0.717) is 0 Å². The molecule has 1 saturated heterocycles. The first-order valence-electron chi connectivity index (χ1n) is 6.91. The van der Waals surface area contributed by atoms with E-state index in [4.69, 9.17) is 4.74 Å². The Morgan fingerprint density at radius 3 is 2.78 bits per heavy atom. The number of piperidine rings is 1. The number of ether oxygens (including phenoxy) is 1. The molecule has 0 radical (unpaired) electrons. The second-order valence-corrected chi connectivity index (χ2v) is 4.90. The summed E-state index contributed by atoms with van der Waals surface area (Å²) >= 11 is 0. The fourth-order valence-electron chi connectivity index (χ4n) is 2.68. The number of benzene rings is 1. The summed E-state index contributed by atoms with van der Waals surface area (Å²) in [5.74, 6) is 0.953. The number of hydrogen-bond acceptors (Lipinski definition) is 3. The van der Waals surface area contributed by atoms with Crippen molar-refractivity contribution in [2.24, 2.45) is 0 Å². The van der Waals surface area contributed by atoms with Crippen molar-refractivity contribution in [3.05, 3.63) is 29.8 Å². The second kappa shape index (κ2) is 6.76. The summed E-state index contributed by atoms with van der Waals surface area (Å²) in [7, 11) is 1.73. The molecule has 1 N–H and O–H groups in total. The molecule has 18 heavy (non-hydrogen) atoms. The van der Waals surface area contributed by atoms with E-state index in [0.717, 1.165) is 38.0 Å². The Balaban J connectivity index is 1.99. The van der Waals surface area contributed by atoms with Gasteiger partial charge >= 0.3 is 0 Å². The van der Waals surface area contributed by atoms with Crippen LogP contribution in [0.25, 0.3) is 0 Å². The Morgan fingerprint density at radius 1 is 1.33 bits per heavy atom. The minimum atomic E-state index is 0.724. The Morgan fingerprint density at radius 2 is 2.11 bits per heavy atom. The molecule has 0 aromatic heterocycles. The van der Waals surface area contributed by atoms with Gasteiger partial charge in [0.1, 0.15) is 5.75 Å². The van der Waals surface area contributed by atoms with E-state index in [9.17, 15) is 0 Å². The van der Waals surface area contributed by atoms with Crippen LogP contribution in [0.15, 0.2) is 24.3 Å². The zero-order valence-electron chi connectivity index (χ0n) is 11.5. The lowest BCUT2D eigenvalue weighted by molar-refractivity contribution is 0.162. The van der Waals surface area contributed by atoms with Crippen molar-refractivity contribution in [3.8, 4) is 5.75 Å². The molecule has 3 heteroatoms. The fourth-order valence-corrected chi connectivity index (χ4v) is 2.68. The highest BCUT2D eigenvalue weighted by Crippen LogP contribution is 2.18. The predicted molar refractivity (Wildman–Crippen MR) is 75.0 cm³/mol. The van der Waals surface area contributed by atoms with Crippen LogP contribution < -0.4 is 10.1 Å². The summed E-state index contributed by atoms with van der Waals surface area (Å²) in [5, 5.41) is 3.43. The molecule has 0 bridgehead atoms. The first-order valence-corrected chi connectivity index (χ1v) is 6.91. The van der Waals surface area contributed by atoms with E-state index >= 15 is 0 Å². The zero-order valence-corrected chi connectivity index (χ0v) is 11.5. The summed E-state index contributed by atoms with van der Waals surface area (Å²) in [6.45, 7) is 6.70. The molecule has 1 aromatic carbocycles. The van der Waals surface area contributed by atoms with Crippen molar-refractivity contribution in [2.75, 3.05) is 26.7 Å². The summed E-state index contributed by atoms with van der Waals surface area (Å²) in [5.41, 5.74) is 1.34. The van der Waals surface area contributed by atoms with Gasteiger partial charge in [0.15, 0.2) is 0 Å². The molecule has 0 spiro atoms. The number of rotatable bonds is 5. The maximum absolute atomic E-state index is 5.29. The normalized spacial score (nSPS) is 17.1. The number of nitrogens with one attached hydrogen (secondary N) is 1.